The Morgan fingerprint density at radius 2 is 2.15 bits per heavy atom. The van der Waals surface area contributed by atoms with Crippen LogP contribution in [0.1, 0.15) is 18.4 Å². The number of aromatic nitrogens is 1. The van der Waals surface area contributed by atoms with Gasteiger partial charge in [0.2, 0.25) is 5.88 Å². The van der Waals surface area contributed by atoms with Crippen molar-refractivity contribution in [1.29, 1.82) is 0 Å². The fourth-order valence-electron chi connectivity index (χ4n) is 1.99. The van der Waals surface area contributed by atoms with Gasteiger partial charge in [0.25, 0.3) is 0 Å². The largest absolute Gasteiger partial charge is 0.476 e. The average molecular weight is 269 g/mol. The molecule has 3 N–H and O–H groups in total. The summed E-state index contributed by atoms with van der Waals surface area (Å²) in [7, 11) is 0. The predicted molar refractivity (Wildman–Crippen MR) is 81.3 cm³/mol. The van der Waals surface area contributed by atoms with Crippen LogP contribution in [-0.2, 0) is 0 Å². The second-order valence-electron chi connectivity index (χ2n) is 5.34. The molecule has 0 unspecified atom stereocenters. The maximum absolute atomic E-state index is 5.90. The van der Waals surface area contributed by atoms with E-state index in [0.29, 0.717) is 24.1 Å². The molecule has 0 aliphatic heterocycles. The average Bonchev–Trinajstić information content (AvgIpc) is 3.23. The molecule has 0 amide bonds. The normalized spacial score (nSPS) is 14.1. The van der Waals surface area contributed by atoms with Gasteiger partial charge in [-0.1, -0.05) is 12.1 Å². The molecule has 3 rings (SSSR count). The van der Waals surface area contributed by atoms with E-state index in [1.54, 1.807) is 0 Å². The minimum absolute atomic E-state index is 0.523. The summed E-state index contributed by atoms with van der Waals surface area (Å²) in [6.45, 7) is 2.77. The van der Waals surface area contributed by atoms with Gasteiger partial charge in [-0.05, 0) is 55.5 Å². The SMILES string of the molecule is Cc1cccc(Nc2ccc(N)c(OCC3CC3)n2)c1. The number of nitrogens with zero attached hydrogens (tertiary/aromatic N) is 1. The monoisotopic (exact) mass is 269 g/mol. The molecule has 1 heterocycles. The Kier molecular flexibility index (Phi) is 3.46. The van der Waals surface area contributed by atoms with Gasteiger partial charge >= 0.3 is 0 Å². The van der Waals surface area contributed by atoms with E-state index >= 15 is 0 Å². The third-order valence-corrected chi connectivity index (χ3v) is 3.33. The van der Waals surface area contributed by atoms with Crippen LogP contribution in [-0.4, -0.2) is 11.6 Å². The first-order chi connectivity index (χ1) is 9.70. The molecule has 0 saturated heterocycles. The first-order valence-corrected chi connectivity index (χ1v) is 6.94. The van der Waals surface area contributed by atoms with Crippen LogP contribution in [0.2, 0.25) is 0 Å². The summed E-state index contributed by atoms with van der Waals surface area (Å²) < 4.78 is 5.69. The fraction of sp³-hybridized carbons (Fsp3) is 0.312. The van der Waals surface area contributed by atoms with Crippen molar-refractivity contribution in [1.82, 2.24) is 4.98 Å². The molecule has 20 heavy (non-hydrogen) atoms. The standard InChI is InChI=1S/C16H19N3O/c1-11-3-2-4-13(9-11)18-15-8-7-14(17)16(19-15)20-10-12-5-6-12/h2-4,7-9,12H,5-6,10,17H2,1H3,(H,18,19). The molecule has 4 heteroatoms. The Morgan fingerprint density at radius 1 is 1.30 bits per heavy atom. The van der Waals surface area contributed by atoms with Crippen LogP contribution in [0.25, 0.3) is 0 Å². The van der Waals surface area contributed by atoms with Crippen LogP contribution in [0.4, 0.5) is 17.2 Å². The zero-order valence-corrected chi connectivity index (χ0v) is 11.6. The molecule has 1 aromatic carbocycles. The second kappa shape index (κ2) is 5.41. The molecular formula is C16H19N3O. The molecule has 0 radical (unpaired) electrons. The number of ether oxygens (including phenoxy) is 1. The zero-order valence-electron chi connectivity index (χ0n) is 11.6. The molecule has 1 aliphatic carbocycles. The van der Waals surface area contributed by atoms with Crippen molar-refractivity contribution in [2.24, 2.45) is 5.92 Å². The van der Waals surface area contributed by atoms with Crippen molar-refractivity contribution >= 4 is 17.2 Å². The molecular weight excluding hydrogens is 250 g/mol. The van der Waals surface area contributed by atoms with Gasteiger partial charge in [-0.2, -0.15) is 4.98 Å². The molecule has 0 atom stereocenters. The molecule has 2 aromatic rings. The lowest BCUT2D eigenvalue weighted by molar-refractivity contribution is 0.290. The van der Waals surface area contributed by atoms with Crippen LogP contribution in [0.3, 0.4) is 0 Å². The molecule has 1 fully saturated rings. The van der Waals surface area contributed by atoms with Crippen molar-refractivity contribution < 1.29 is 4.74 Å². The third kappa shape index (κ3) is 3.20. The van der Waals surface area contributed by atoms with E-state index in [4.69, 9.17) is 10.5 Å². The highest BCUT2D eigenvalue weighted by molar-refractivity contribution is 5.61. The zero-order chi connectivity index (χ0) is 13.9. The van der Waals surface area contributed by atoms with Crippen molar-refractivity contribution in [3.05, 3.63) is 42.0 Å². The highest BCUT2D eigenvalue weighted by atomic mass is 16.5. The van der Waals surface area contributed by atoms with Crippen LogP contribution in [0, 0.1) is 12.8 Å². The maximum Gasteiger partial charge on any atom is 0.239 e. The minimum Gasteiger partial charge on any atom is -0.476 e. The third-order valence-electron chi connectivity index (χ3n) is 3.33. The molecule has 4 nitrogen and oxygen atoms in total. The number of benzene rings is 1. The van der Waals surface area contributed by atoms with Gasteiger partial charge in [-0.3, -0.25) is 0 Å². The van der Waals surface area contributed by atoms with Gasteiger partial charge in [0.15, 0.2) is 0 Å². The van der Waals surface area contributed by atoms with E-state index in [1.807, 2.05) is 24.3 Å². The predicted octanol–water partition coefficient (Wildman–Crippen LogP) is 3.50. The Morgan fingerprint density at radius 3 is 2.90 bits per heavy atom. The van der Waals surface area contributed by atoms with Crippen molar-refractivity contribution in [2.75, 3.05) is 17.7 Å². The first-order valence-electron chi connectivity index (χ1n) is 6.94. The maximum atomic E-state index is 5.90. The van der Waals surface area contributed by atoms with E-state index in [2.05, 4.69) is 29.4 Å². The fourth-order valence-corrected chi connectivity index (χ4v) is 1.99. The minimum atomic E-state index is 0.523. The Bertz CT molecular complexity index is 608. The number of anilines is 3. The number of nitrogen functional groups attached to an aromatic ring is 1. The van der Waals surface area contributed by atoms with Crippen molar-refractivity contribution in [3.8, 4) is 5.88 Å². The molecule has 0 spiro atoms. The molecule has 1 aliphatic rings. The number of aryl methyl sites for hydroxylation is 1. The highest BCUT2D eigenvalue weighted by Gasteiger charge is 2.22. The van der Waals surface area contributed by atoms with Crippen LogP contribution in [0.15, 0.2) is 36.4 Å². The summed E-state index contributed by atoms with van der Waals surface area (Å²) in [4.78, 5) is 4.44. The summed E-state index contributed by atoms with van der Waals surface area (Å²) in [5, 5.41) is 3.27. The quantitative estimate of drug-likeness (QED) is 0.872. The Hall–Kier alpha value is -2.23. The number of hydrogen-bond acceptors (Lipinski definition) is 4. The van der Waals surface area contributed by atoms with E-state index in [1.165, 1.54) is 18.4 Å². The lowest BCUT2D eigenvalue weighted by atomic mass is 10.2. The number of nitrogens with one attached hydrogen (secondary N) is 1. The van der Waals surface area contributed by atoms with Gasteiger partial charge in [0, 0.05) is 5.69 Å². The molecule has 0 bridgehead atoms. The van der Waals surface area contributed by atoms with Gasteiger partial charge in [-0.15, -0.1) is 0 Å². The summed E-state index contributed by atoms with van der Waals surface area (Å²) in [6, 6.07) is 11.8. The van der Waals surface area contributed by atoms with E-state index < -0.39 is 0 Å². The van der Waals surface area contributed by atoms with Gasteiger partial charge in [0.1, 0.15) is 5.82 Å². The molecule has 104 valence electrons. The second-order valence-corrected chi connectivity index (χ2v) is 5.34. The van der Waals surface area contributed by atoms with E-state index in [-0.39, 0.29) is 0 Å². The molecule has 1 aromatic heterocycles. The number of nitrogens with two attached hydrogens (primary N) is 1. The van der Waals surface area contributed by atoms with E-state index in [0.717, 1.165) is 11.5 Å². The Balaban J connectivity index is 1.73. The Labute approximate surface area is 119 Å². The highest BCUT2D eigenvalue weighted by Crippen LogP contribution is 2.31. The smallest absolute Gasteiger partial charge is 0.239 e. The number of pyridine rings is 1. The number of hydrogen-bond donors (Lipinski definition) is 2. The topological polar surface area (TPSA) is 60.2 Å². The van der Waals surface area contributed by atoms with Gasteiger partial charge in [-0.25, -0.2) is 0 Å². The van der Waals surface area contributed by atoms with Crippen LogP contribution >= 0.6 is 0 Å². The van der Waals surface area contributed by atoms with E-state index in [9.17, 15) is 0 Å². The van der Waals surface area contributed by atoms with Crippen LogP contribution in [0.5, 0.6) is 5.88 Å². The lowest BCUT2D eigenvalue weighted by Crippen LogP contribution is -2.05. The van der Waals surface area contributed by atoms with Crippen LogP contribution < -0.4 is 15.8 Å². The van der Waals surface area contributed by atoms with Crippen molar-refractivity contribution in [2.45, 2.75) is 19.8 Å². The first kappa shape index (κ1) is 12.8. The lowest BCUT2D eigenvalue weighted by Gasteiger charge is -2.11. The summed E-state index contributed by atoms with van der Waals surface area (Å²) in [5.41, 5.74) is 8.70. The summed E-state index contributed by atoms with van der Waals surface area (Å²) in [5.74, 6) is 1.95. The van der Waals surface area contributed by atoms with Gasteiger partial charge in [0.05, 0.1) is 12.3 Å². The van der Waals surface area contributed by atoms with Gasteiger partial charge < -0.3 is 15.8 Å². The number of rotatable bonds is 5. The summed E-state index contributed by atoms with van der Waals surface area (Å²) >= 11 is 0. The van der Waals surface area contributed by atoms with Crippen molar-refractivity contribution in [3.63, 3.8) is 0 Å². The summed E-state index contributed by atoms with van der Waals surface area (Å²) in [6.07, 6.45) is 2.50. The molecule has 1 saturated carbocycles.